The van der Waals surface area contributed by atoms with Gasteiger partial charge in [-0.15, -0.1) is 0 Å². The molecule has 2 amide bonds. The number of carbonyl (C=O) groups excluding carboxylic acids is 1. The molecular formula is C22H22N2O2. The molecule has 132 valence electrons. The number of hydrogen-bond acceptors (Lipinski definition) is 2. The lowest BCUT2D eigenvalue weighted by Crippen LogP contribution is -2.36. The zero-order valence-corrected chi connectivity index (χ0v) is 14.8. The minimum absolute atomic E-state index is 0.167. The summed E-state index contributed by atoms with van der Waals surface area (Å²) < 4.78 is 5.17. The van der Waals surface area contributed by atoms with Crippen molar-refractivity contribution in [2.75, 3.05) is 12.0 Å². The molecule has 0 spiro atoms. The van der Waals surface area contributed by atoms with Crippen molar-refractivity contribution in [3.63, 3.8) is 0 Å². The van der Waals surface area contributed by atoms with Crippen LogP contribution in [0, 0.1) is 0 Å². The van der Waals surface area contributed by atoms with Crippen LogP contribution in [0.3, 0.4) is 0 Å². The average Bonchev–Trinajstić information content (AvgIpc) is 2.69. The number of amides is 2. The minimum Gasteiger partial charge on any atom is -0.380 e. The first-order valence-electron chi connectivity index (χ1n) is 8.53. The third-order valence-corrected chi connectivity index (χ3v) is 3.98. The lowest BCUT2D eigenvalue weighted by atomic mass is 10.1. The van der Waals surface area contributed by atoms with Gasteiger partial charge in [0.1, 0.15) is 0 Å². The first-order chi connectivity index (χ1) is 12.8. The zero-order valence-electron chi connectivity index (χ0n) is 14.8. The molecule has 26 heavy (non-hydrogen) atoms. The van der Waals surface area contributed by atoms with Crippen molar-refractivity contribution in [2.24, 2.45) is 0 Å². The Balaban J connectivity index is 1.77. The van der Waals surface area contributed by atoms with Crippen molar-refractivity contribution >= 4 is 17.4 Å². The van der Waals surface area contributed by atoms with Gasteiger partial charge in [0.2, 0.25) is 0 Å². The van der Waals surface area contributed by atoms with E-state index < -0.39 is 0 Å². The number of rotatable bonds is 6. The van der Waals surface area contributed by atoms with Gasteiger partial charge < -0.3 is 10.1 Å². The first kappa shape index (κ1) is 17.7. The van der Waals surface area contributed by atoms with Crippen molar-refractivity contribution in [1.29, 1.82) is 0 Å². The highest BCUT2D eigenvalue weighted by atomic mass is 16.5. The molecule has 0 atom stereocenters. The molecule has 4 heteroatoms. The predicted molar refractivity (Wildman–Crippen MR) is 104 cm³/mol. The summed E-state index contributed by atoms with van der Waals surface area (Å²) in [6, 6.07) is 27.1. The van der Waals surface area contributed by atoms with E-state index in [0.29, 0.717) is 13.2 Å². The van der Waals surface area contributed by atoms with Crippen molar-refractivity contribution < 1.29 is 9.53 Å². The molecule has 0 aliphatic heterocycles. The van der Waals surface area contributed by atoms with Gasteiger partial charge in [0, 0.05) is 13.7 Å². The molecular weight excluding hydrogens is 324 g/mol. The van der Waals surface area contributed by atoms with Crippen LogP contribution in [0.2, 0.25) is 0 Å². The maximum Gasteiger partial charge on any atom is 0.326 e. The molecule has 0 aliphatic rings. The molecule has 4 nitrogen and oxygen atoms in total. The van der Waals surface area contributed by atoms with E-state index in [-0.39, 0.29) is 6.03 Å². The number of anilines is 2. The van der Waals surface area contributed by atoms with Crippen LogP contribution in [0.1, 0.15) is 11.1 Å². The Morgan fingerprint density at radius 3 is 2.00 bits per heavy atom. The van der Waals surface area contributed by atoms with Crippen molar-refractivity contribution in [1.82, 2.24) is 5.32 Å². The average molecular weight is 346 g/mol. The van der Waals surface area contributed by atoms with Gasteiger partial charge in [0.15, 0.2) is 0 Å². The van der Waals surface area contributed by atoms with E-state index in [9.17, 15) is 4.79 Å². The topological polar surface area (TPSA) is 41.6 Å². The van der Waals surface area contributed by atoms with Crippen LogP contribution in [0.25, 0.3) is 0 Å². The summed E-state index contributed by atoms with van der Waals surface area (Å²) in [6.45, 7) is 1.01. The van der Waals surface area contributed by atoms with Gasteiger partial charge in [-0.05, 0) is 35.4 Å². The molecule has 0 saturated carbocycles. The fourth-order valence-corrected chi connectivity index (χ4v) is 2.79. The second-order valence-electron chi connectivity index (χ2n) is 5.92. The molecule has 3 rings (SSSR count). The Bertz CT molecular complexity index is 796. The summed E-state index contributed by atoms with van der Waals surface area (Å²) in [4.78, 5) is 14.6. The minimum atomic E-state index is -0.167. The van der Waals surface area contributed by atoms with Gasteiger partial charge in [-0.2, -0.15) is 0 Å². The van der Waals surface area contributed by atoms with E-state index in [4.69, 9.17) is 4.74 Å². The lowest BCUT2D eigenvalue weighted by molar-refractivity contribution is 0.185. The van der Waals surface area contributed by atoms with E-state index in [1.807, 2.05) is 84.9 Å². The molecule has 0 bridgehead atoms. The zero-order chi connectivity index (χ0) is 18.2. The Labute approximate surface area is 154 Å². The van der Waals surface area contributed by atoms with Gasteiger partial charge in [-0.3, -0.25) is 4.90 Å². The second-order valence-corrected chi connectivity index (χ2v) is 5.92. The Kier molecular flexibility index (Phi) is 6.01. The highest BCUT2D eigenvalue weighted by molar-refractivity contribution is 5.99. The fourth-order valence-electron chi connectivity index (χ4n) is 2.79. The standard InChI is InChI=1S/C22H22N2O2/c1-26-17-19-10-8-9-18(15-19)16-23-22(25)24(20-11-4-2-5-12-20)21-13-6-3-7-14-21/h2-15H,16-17H2,1H3,(H,23,25). The van der Waals surface area contributed by atoms with Crippen LogP contribution in [-0.2, 0) is 17.9 Å². The maximum atomic E-state index is 12.9. The summed E-state index contributed by atoms with van der Waals surface area (Å²) >= 11 is 0. The third kappa shape index (κ3) is 4.49. The van der Waals surface area contributed by atoms with Crippen LogP contribution in [-0.4, -0.2) is 13.1 Å². The summed E-state index contributed by atoms with van der Waals surface area (Å²) in [7, 11) is 1.67. The quantitative estimate of drug-likeness (QED) is 0.691. The number of carbonyl (C=O) groups is 1. The molecule has 3 aromatic rings. The lowest BCUT2D eigenvalue weighted by Gasteiger charge is -2.23. The molecule has 0 heterocycles. The van der Waals surface area contributed by atoms with Crippen LogP contribution in [0.5, 0.6) is 0 Å². The number of benzene rings is 3. The number of nitrogens with one attached hydrogen (secondary N) is 1. The summed E-state index contributed by atoms with van der Waals surface area (Å²) in [5.41, 5.74) is 3.77. The number of urea groups is 1. The SMILES string of the molecule is COCc1cccc(CNC(=O)N(c2ccccc2)c2ccccc2)c1. The number of para-hydroxylation sites is 2. The molecule has 0 radical (unpaired) electrons. The maximum absolute atomic E-state index is 12.9. The Morgan fingerprint density at radius 1 is 0.846 bits per heavy atom. The van der Waals surface area contributed by atoms with Crippen LogP contribution in [0.15, 0.2) is 84.9 Å². The Hall–Kier alpha value is -3.11. The van der Waals surface area contributed by atoms with E-state index >= 15 is 0 Å². The summed E-state index contributed by atoms with van der Waals surface area (Å²) in [6.07, 6.45) is 0. The molecule has 0 unspecified atom stereocenters. The highest BCUT2D eigenvalue weighted by Gasteiger charge is 2.17. The van der Waals surface area contributed by atoms with Gasteiger partial charge in [-0.25, -0.2) is 4.79 Å². The van der Waals surface area contributed by atoms with Crippen molar-refractivity contribution in [2.45, 2.75) is 13.2 Å². The molecule has 0 saturated heterocycles. The van der Waals surface area contributed by atoms with Gasteiger partial charge in [0.05, 0.1) is 18.0 Å². The monoisotopic (exact) mass is 346 g/mol. The van der Waals surface area contributed by atoms with Gasteiger partial charge in [-0.1, -0.05) is 60.7 Å². The Morgan fingerprint density at radius 2 is 1.42 bits per heavy atom. The molecule has 0 fully saturated rings. The number of hydrogen-bond donors (Lipinski definition) is 1. The summed E-state index contributed by atoms with van der Waals surface area (Å²) in [5.74, 6) is 0. The van der Waals surface area contributed by atoms with E-state index in [1.54, 1.807) is 12.0 Å². The largest absolute Gasteiger partial charge is 0.380 e. The van der Waals surface area contributed by atoms with E-state index in [2.05, 4.69) is 5.32 Å². The first-order valence-corrected chi connectivity index (χ1v) is 8.53. The normalized spacial score (nSPS) is 10.3. The third-order valence-electron chi connectivity index (χ3n) is 3.98. The smallest absolute Gasteiger partial charge is 0.326 e. The molecule has 0 aliphatic carbocycles. The molecule has 1 N–H and O–H groups in total. The predicted octanol–water partition coefficient (Wildman–Crippen LogP) is 4.88. The molecule has 3 aromatic carbocycles. The fraction of sp³-hybridized carbons (Fsp3) is 0.136. The van der Waals surface area contributed by atoms with E-state index in [1.165, 1.54) is 0 Å². The number of ether oxygens (including phenoxy) is 1. The van der Waals surface area contributed by atoms with Crippen molar-refractivity contribution in [3.8, 4) is 0 Å². The van der Waals surface area contributed by atoms with Crippen LogP contribution in [0.4, 0.5) is 16.2 Å². The van der Waals surface area contributed by atoms with E-state index in [0.717, 1.165) is 22.5 Å². The van der Waals surface area contributed by atoms with Gasteiger partial charge in [0.25, 0.3) is 0 Å². The highest BCUT2D eigenvalue weighted by Crippen LogP contribution is 2.25. The van der Waals surface area contributed by atoms with Gasteiger partial charge >= 0.3 is 6.03 Å². The molecule has 0 aromatic heterocycles. The second kappa shape index (κ2) is 8.83. The van der Waals surface area contributed by atoms with Crippen molar-refractivity contribution in [3.05, 3.63) is 96.1 Å². The summed E-state index contributed by atoms with van der Waals surface area (Å²) in [5, 5.41) is 3.01. The van der Waals surface area contributed by atoms with Crippen LogP contribution >= 0.6 is 0 Å². The van der Waals surface area contributed by atoms with Crippen LogP contribution < -0.4 is 10.2 Å². The number of nitrogens with zero attached hydrogens (tertiary/aromatic N) is 1. The number of methoxy groups -OCH3 is 1.